The Kier molecular flexibility index (Phi) is 7.47. The lowest BCUT2D eigenvalue weighted by Crippen LogP contribution is -2.36. The smallest absolute Gasteiger partial charge is 0.246 e. The van der Waals surface area contributed by atoms with E-state index in [1.165, 1.54) is 17.3 Å². The van der Waals surface area contributed by atoms with Crippen LogP contribution in [0.3, 0.4) is 0 Å². The summed E-state index contributed by atoms with van der Waals surface area (Å²) in [6, 6.07) is 11.5. The number of benzene rings is 1. The van der Waals surface area contributed by atoms with Crippen LogP contribution in [0.25, 0.3) is 6.08 Å². The van der Waals surface area contributed by atoms with Gasteiger partial charge in [-0.3, -0.25) is 14.6 Å². The number of hydrogen-bond acceptors (Lipinski definition) is 6. The summed E-state index contributed by atoms with van der Waals surface area (Å²) in [5.41, 5.74) is 5.14. The maximum Gasteiger partial charge on any atom is 0.246 e. The Balaban J connectivity index is 1.36. The van der Waals surface area contributed by atoms with Crippen molar-refractivity contribution in [2.45, 2.75) is 31.6 Å². The fourth-order valence-electron chi connectivity index (χ4n) is 3.71. The average Bonchev–Trinajstić information content (AvgIpc) is 2.86. The number of fused-ring (bicyclic) bond motifs is 1. The normalized spacial score (nSPS) is 13.1. The summed E-state index contributed by atoms with van der Waals surface area (Å²) in [4.78, 5) is 39.6. The molecule has 33 heavy (non-hydrogen) atoms. The quantitative estimate of drug-likeness (QED) is 0.332. The van der Waals surface area contributed by atoms with Crippen molar-refractivity contribution in [3.63, 3.8) is 0 Å². The van der Waals surface area contributed by atoms with Gasteiger partial charge in [0.15, 0.2) is 5.16 Å². The zero-order valence-electron chi connectivity index (χ0n) is 18.4. The van der Waals surface area contributed by atoms with Crippen molar-refractivity contribution < 1.29 is 9.59 Å². The van der Waals surface area contributed by atoms with Crippen LogP contribution in [-0.2, 0) is 29.1 Å². The molecule has 168 valence electrons. The first-order valence-electron chi connectivity index (χ1n) is 10.7. The van der Waals surface area contributed by atoms with Crippen molar-refractivity contribution in [2.75, 3.05) is 12.3 Å². The zero-order valence-corrected chi connectivity index (χ0v) is 19.2. The van der Waals surface area contributed by atoms with Crippen LogP contribution in [0.1, 0.15) is 27.9 Å². The minimum atomic E-state index is -0.0804. The molecular weight excluding hydrogens is 434 g/mol. The number of rotatable bonds is 7. The molecule has 0 spiro atoms. The van der Waals surface area contributed by atoms with E-state index in [9.17, 15) is 9.59 Å². The van der Waals surface area contributed by atoms with Crippen molar-refractivity contribution in [1.82, 2.24) is 25.2 Å². The number of pyridine rings is 1. The molecule has 2 aromatic heterocycles. The number of aryl methyl sites for hydroxylation is 1. The third-order valence-corrected chi connectivity index (χ3v) is 6.34. The first-order valence-corrected chi connectivity index (χ1v) is 11.7. The van der Waals surface area contributed by atoms with Crippen LogP contribution in [0.5, 0.6) is 0 Å². The van der Waals surface area contributed by atoms with Gasteiger partial charge in [-0.25, -0.2) is 9.97 Å². The van der Waals surface area contributed by atoms with Gasteiger partial charge in [0.05, 0.1) is 5.75 Å². The van der Waals surface area contributed by atoms with E-state index in [0.717, 1.165) is 28.8 Å². The Hall–Kier alpha value is -3.52. The summed E-state index contributed by atoms with van der Waals surface area (Å²) in [6.07, 6.45) is 9.36. The van der Waals surface area contributed by atoms with Crippen LogP contribution >= 0.6 is 11.8 Å². The number of hydrogen-bond donors (Lipinski definition) is 1. The van der Waals surface area contributed by atoms with E-state index in [1.807, 2.05) is 54.4 Å². The Labute approximate surface area is 197 Å². The number of carbonyl (C=O) groups excluding carboxylic acids is 2. The lowest BCUT2D eigenvalue weighted by molar-refractivity contribution is -0.126. The predicted octanol–water partition coefficient (Wildman–Crippen LogP) is 3.19. The molecule has 4 rings (SSSR count). The number of thioether (sulfide) groups is 1. The highest BCUT2D eigenvalue weighted by Gasteiger charge is 2.23. The van der Waals surface area contributed by atoms with Crippen LogP contribution in [0.4, 0.5) is 0 Å². The topological polar surface area (TPSA) is 88.1 Å². The molecule has 8 heteroatoms. The third-order valence-electron chi connectivity index (χ3n) is 5.46. The highest BCUT2D eigenvalue weighted by molar-refractivity contribution is 7.99. The number of carbonyl (C=O) groups is 2. The highest BCUT2D eigenvalue weighted by atomic mass is 32.2. The fraction of sp³-hybridized carbons (Fsp3) is 0.240. The monoisotopic (exact) mass is 459 g/mol. The second-order valence-corrected chi connectivity index (χ2v) is 8.62. The molecule has 1 aliphatic heterocycles. The molecule has 0 unspecified atom stereocenters. The van der Waals surface area contributed by atoms with Crippen molar-refractivity contribution >= 4 is 29.7 Å². The van der Waals surface area contributed by atoms with Gasteiger partial charge in [-0.2, -0.15) is 0 Å². The number of nitrogens with one attached hydrogen (secondary N) is 1. The van der Waals surface area contributed by atoms with Crippen molar-refractivity contribution in [3.05, 3.63) is 89.0 Å². The molecule has 1 aromatic carbocycles. The second kappa shape index (κ2) is 10.9. The lowest BCUT2D eigenvalue weighted by atomic mass is 9.95. The second-order valence-electron chi connectivity index (χ2n) is 7.68. The summed E-state index contributed by atoms with van der Waals surface area (Å²) in [5.74, 6) is 0.157. The maximum absolute atomic E-state index is 12.7. The summed E-state index contributed by atoms with van der Waals surface area (Å²) < 4.78 is 0. The molecule has 3 aromatic rings. The molecule has 0 aliphatic carbocycles. The van der Waals surface area contributed by atoms with Crippen molar-refractivity contribution in [2.24, 2.45) is 0 Å². The van der Waals surface area contributed by atoms with Crippen LogP contribution in [0, 0.1) is 6.92 Å². The van der Waals surface area contributed by atoms with Gasteiger partial charge in [0.2, 0.25) is 11.8 Å². The lowest BCUT2D eigenvalue weighted by Gasteiger charge is -2.30. The third kappa shape index (κ3) is 6.04. The van der Waals surface area contributed by atoms with Gasteiger partial charge in [-0.05, 0) is 47.7 Å². The van der Waals surface area contributed by atoms with Gasteiger partial charge in [-0.15, -0.1) is 0 Å². The predicted molar refractivity (Wildman–Crippen MR) is 128 cm³/mol. The van der Waals surface area contributed by atoms with Gasteiger partial charge in [0.25, 0.3) is 0 Å². The van der Waals surface area contributed by atoms with Gasteiger partial charge in [-0.1, -0.05) is 42.1 Å². The molecule has 0 saturated carbocycles. The summed E-state index contributed by atoms with van der Waals surface area (Å²) in [7, 11) is 0. The van der Waals surface area contributed by atoms with E-state index in [1.54, 1.807) is 24.5 Å². The van der Waals surface area contributed by atoms with Crippen molar-refractivity contribution in [1.29, 1.82) is 0 Å². The first kappa shape index (κ1) is 22.7. The summed E-state index contributed by atoms with van der Waals surface area (Å²) in [5, 5.41) is 3.56. The van der Waals surface area contributed by atoms with E-state index >= 15 is 0 Å². The Morgan fingerprint density at radius 3 is 2.70 bits per heavy atom. The first-order chi connectivity index (χ1) is 16.1. The fourth-order valence-corrected chi connectivity index (χ4v) is 4.34. The molecule has 2 amide bonds. The molecule has 0 fully saturated rings. The van der Waals surface area contributed by atoms with Gasteiger partial charge < -0.3 is 10.2 Å². The minimum absolute atomic E-state index is 0.0138. The van der Waals surface area contributed by atoms with E-state index in [4.69, 9.17) is 0 Å². The molecule has 1 N–H and O–H groups in total. The molecule has 1 aliphatic rings. The maximum atomic E-state index is 12.7. The zero-order chi connectivity index (χ0) is 23.0. The van der Waals surface area contributed by atoms with Gasteiger partial charge >= 0.3 is 0 Å². The molecule has 0 saturated heterocycles. The Morgan fingerprint density at radius 1 is 1.12 bits per heavy atom. The average molecular weight is 460 g/mol. The summed E-state index contributed by atoms with van der Waals surface area (Å²) >= 11 is 1.30. The SMILES string of the molecule is Cc1ncc2c(c1CNC(=O)CSc1ncccn1)CCN(C(=O)/C=C/c1ccccc1)C2. The summed E-state index contributed by atoms with van der Waals surface area (Å²) in [6.45, 7) is 3.52. The van der Waals surface area contributed by atoms with Gasteiger partial charge in [0, 0.05) is 50.0 Å². The van der Waals surface area contributed by atoms with Gasteiger partial charge in [0.1, 0.15) is 0 Å². The molecule has 0 radical (unpaired) electrons. The number of nitrogens with zero attached hydrogens (tertiary/aromatic N) is 4. The largest absolute Gasteiger partial charge is 0.351 e. The molecule has 0 atom stereocenters. The van der Waals surface area contributed by atoms with E-state index in [2.05, 4.69) is 20.3 Å². The van der Waals surface area contributed by atoms with Crippen LogP contribution in [0.15, 0.2) is 66.2 Å². The van der Waals surface area contributed by atoms with Crippen LogP contribution in [-0.4, -0.2) is 44.0 Å². The minimum Gasteiger partial charge on any atom is -0.351 e. The van der Waals surface area contributed by atoms with Crippen LogP contribution in [0.2, 0.25) is 0 Å². The number of amides is 2. The van der Waals surface area contributed by atoms with Crippen LogP contribution < -0.4 is 5.32 Å². The van der Waals surface area contributed by atoms with Crippen molar-refractivity contribution in [3.8, 4) is 0 Å². The Bertz CT molecular complexity index is 1150. The number of aromatic nitrogens is 3. The van der Waals surface area contributed by atoms with E-state index in [0.29, 0.717) is 24.8 Å². The Morgan fingerprint density at radius 2 is 1.91 bits per heavy atom. The molecule has 3 heterocycles. The highest BCUT2D eigenvalue weighted by Crippen LogP contribution is 2.24. The van der Waals surface area contributed by atoms with E-state index < -0.39 is 0 Å². The molecular formula is C25H25N5O2S. The molecule has 7 nitrogen and oxygen atoms in total. The van der Waals surface area contributed by atoms with E-state index in [-0.39, 0.29) is 17.6 Å². The standard InChI is InChI=1S/C25H25N5O2S/c1-18-22(15-29-23(31)17-33-25-26-11-5-12-27-25)21-10-13-30(16-20(21)14-28-18)24(32)9-8-19-6-3-2-4-7-19/h2-9,11-12,14H,10,13,15-17H2,1H3,(H,29,31)/b9-8+. The molecule has 0 bridgehead atoms.